The minimum Gasteiger partial charge on any atom is -0.421 e. The Balaban J connectivity index is 2.22. The number of rotatable bonds is 4. The molecule has 2 aromatic rings. The summed E-state index contributed by atoms with van der Waals surface area (Å²) in [7, 11) is 0. The molecule has 0 saturated carbocycles. The normalized spacial score (nSPS) is 10.6. The van der Waals surface area contributed by atoms with Crippen LogP contribution in [-0.2, 0) is 6.42 Å². The molecule has 0 aliphatic heterocycles. The maximum Gasteiger partial charge on any atom is 0.247 e. The molecular weight excluding hydrogens is 224 g/mol. The summed E-state index contributed by atoms with van der Waals surface area (Å²) in [5.74, 6) is 1.85. The van der Waals surface area contributed by atoms with Gasteiger partial charge in [-0.15, -0.1) is 21.8 Å². The summed E-state index contributed by atoms with van der Waals surface area (Å²) in [6.07, 6.45) is 1.60. The Bertz CT molecular complexity index is 468. The molecule has 0 aliphatic carbocycles. The average molecular weight is 237 g/mol. The molecule has 4 heteroatoms. The summed E-state index contributed by atoms with van der Waals surface area (Å²) >= 11 is 5.61. The number of benzene rings is 1. The first-order valence-electron chi connectivity index (χ1n) is 5.25. The van der Waals surface area contributed by atoms with Crippen molar-refractivity contribution in [2.45, 2.75) is 19.8 Å². The van der Waals surface area contributed by atoms with Gasteiger partial charge in [0.05, 0.1) is 0 Å². The monoisotopic (exact) mass is 236 g/mol. The fraction of sp³-hybridized carbons (Fsp3) is 0.333. The molecule has 3 nitrogen and oxygen atoms in total. The molecule has 84 valence electrons. The largest absolute Gasteiger partial charge is 0.421 e. The third-order valence-electron chi connectivity index (χ3n) is 2.37. The third kappa shape index (κ3) is 2.42. The summed E-state index contributed by atoms with van der Waals surface area (Å²) in [6, 6.07) is 7.96. The van der Waals surface area contributed by atoms with Crippen molar-refractivity contribution in [1.82, 2.24) is 10.2 Å². The van der Waals surface area contributed by atoms with Crippen LogP contribution in [0.3, 0.4) is 0 Å². The Morgan fingerprint density at radius 2 is 2.06 bits per heavy atom. The van der Waals surface area contributed by atoms with Gasteiger partial charge in [0.25, 0.3) is 0 Å². The minimum atomic E-state index is 0.586. The fourth-order valence-corrected chi connectivity index (χ4v) is 1.63. The fourth-order valence-electron chi connectivity index (χ4n) is 1.49. The van der Waals surface area contributed by atoms with Crippen molar-refractivity contribution in [2.24, 2.45) is 0 Å². The van der Waals surface area contributed by atoms with Gasteiger partial charge in [-0.2, -0.15) is 0 Å². The van der Waals surface area contributed by atoms with E-state index in [1.165, 1.54) is 0 Å². The minimum absolute atomic E-state index is 0.586. The summed E-state index contributed by atoms with van der Waals surface area (Å²) < 4.78 is 5.57. The van der Waals surface area contributed by atoms with Crippen molar-refractivity contribution >= 4 is 11.6 Å². The van der Waals surface area contributed by atoms with E-state index in [9.17, 15) is 0 Å². The molecule has 0 aliphatic rings. The van der Waals surface area contributed by atoms with Crippen molar-refractivity contribution in [3.05, 3.63) is 35.7 Å². The van der Waals surface area contributed by atoms with Gasteiger partial charge >= 0.3 is 0 Å². The zero-order valence-electron chi connectivity index (χ0n) is 9.11. The lowest BCUT2D eigenvalue weighted by Gasteiger charge is -1.98. The molecule has 0 saturated heterocycles. The highest BCUT2D eigenvalue weighted by atomic mass is 35.5. The Hall–Kier alpha value is -1.35. The molecule has 0 fully saturated rings. The van der Waals surface area contributed by atoms with Crippen LogP contribution in [-0.4, -0.2) is 16.1 Å². The van der Waals surface area contributed by atoms with E-state index in [4.69, 9.17) is 16.0 Å². The summed E-state index contributed by atoms with van der Waals surface area (Å²) in [5, 5.41) is 8.04. The van der Waals surface area contributed by atoms with Crippen LogP contribution in [0.15, 0.2) is 28.7 Å². The van der Waals surface area contributed by atoms with E-state index in [1.807, 2.05) is 31.2 Å². The van der Waals surface area contributed by atoms with Crippen LogP contribution in [0.4, 0.5) is 0 Å². The lowest BCUT2D eigenvalue weighted by molar-refractivity contribution is 0.502. The molecular formula is C12H13ClN2O. The van der Waals surface area contributed by atoms with Gasteiger partial charge in [-0.05, 0) is 25.0 Å². The first kappa shape index (κ1) is 11.1. The summed E-state index contributed by atoms with van der Waals surface area (Å²) in [5.41, 5.74) is 2.13. The number of nitrogens with zero attached hydrogens (tertiary/aromatic N) is 2. The topological polar surface area (TPSA) is 38.9 Å². The lowest BCUT2D eigenvalue weighted by Crippen LogP contribution is -1.85. The van der Waals surface area contributed by atoms with Crippen LogP contribution < -0.4 is 0 Å². The third-order valence-corrected chi connectivity index (χ3v) is 2.63. The van der Waals surface area contributed by atoms with Crippen molar-refractivity contribution in [1.29, 1.82) is 0 Å². The molecule has 0 unspecified atom stereocenters. The van der Waals surface area contributed by atoms with Crippen LogP contribution in [0.1, 0.15) is 17.9 Å². The van der Waals surface area contributed by atoms with Gasteiger partial charge in [-0.25, -0.2) is 0 Å². The van der Waals surface area contributed by atoms with E-state index in [-0.39, 0.29) is 0 Å². The van der Waals surface area contributed by atoms with E-state index in [0.29, 0.717) is 17.7 Å². The molecule has 0 radical (unpaired) electrons. The predicted molar refractivity (Wildman–Crippen MR) is 63.5 cm³/mol. The average Bonchev–Trinajstić information content (AvgIpc) is 2.75. The number of halogens is 1. The van der Waals surface area contributed by atoms with Crippen LogP contribution >= 0.6 is 11.6 Å². The van der Waals surface area contributed by atoms with E-state index >= 15 is 0 Å². The molecule has 0 spiro atoms. The standard InChI is InChI=1S/C12H13ClN2O/c1-9-5-2-3-6-10(9)12-15-14-11(16-12)7-4-8-13/h2-3,5-6H,4,7-8H2,1H3. The van der Waals surface area contributed by atoms with Gasteiger partial charge in [0.15, 0.2) is 0 Å². The highest BCUT2D eigenvalue weighted by molar-refractivity contribution is 6.17. The van der Waals surface area contributed by atoms with Gasteiger partial charge in [0, 0.05) is 17.9 Å². The Morgan fingerprint density at radius 1 is 1.25 bits per heavy atom. The van der Waals surface area contributed by atoms with E-state index < -0.39 is 0 Å². The van der Waals surface area contributed by atoms with Crippen molar-refractivity contribution in [3.8, 4) is 11.5 Å². The van der Waals surface area contributed by atoms with Crippen molar-refractivity contribution < 1.29 is 4.42 Å². The first-order chi connectivity index (χ1) is 7.81. The van der Waals surface area contributed by atoms with E-state index in [2.05, 4.69) is 10.2 Å². The second kappa shape index (κ2) is 5.12. The number of aryl methyl sites for hydroxylation is 2. The zero-order valence-corrected chi connectivity index (χ0v) is 9.87. The lowest BCUT2D eigenvalue weighted by atomic mass is 10.1. The van der Waals surface area contributed by atoms with Crippen molar-refractivity contribution in [2.75, 3.05) is 5.88 Å². The van der Waals surface area contributed by atoms with Crippen molar-refractivity contribution in [3.63, 3.8) is 0 Å². The maximum absolute atomic E-state index is 5.61. The zero-order chi connectivity index (χ0) is 11.4. The Labute approximate surface area is 99.5 Å². The number of aromatic nitrogens is 2. The maximum atomic E-state index is 5.61. The highest BCUT2D eigenvalue weighted by Crippen LogP contribution is 2.21. The highest BCUT2D eigenvalue weighted by Gasteiger charge is 2.09. The van der Waals surface area contributed by atoms with Gasteiger partial charge in [0.2, 0.25) is 11.8 Å². The molecule has 0 atom stereocenters. The smallest absolute Gasteiger partial charge is 0.247 e. The number of hydrogen-bond donors (Lipinski definition) is 0. The SMILES string of the molecule is Cc1ccccc1-c1nnc(CCCCl)o1. The van der Waals surface area contributed by atoms with E-state index in [1.54, 1.807) is 0 Å². The van der Waals surface area contributed by atoms with Crippen LogP contribution in [0.25, 0.3) is 11.5 Å². The molecule has 1 aromatic carbocycles. The van der Waals surface area contributed by atoms with E-state index in [0.717, 1.165) is 24.0 Å². The predicted octanol–water partition coefficient (Wildman–Crippen LogP) is 3.22. The molecule has 1 heterocycles. The van der Waals surface area contributed by atoms with Crippen LogP contribution in [0, 0.1) is 6.92 Å². The Kier molecular flexibility index (Phi) is 3.57. The molecule has 0 bridgehead atoms. The number of alkyl halides is 1. The van der Waals surface area contributed by atoms with Gasteiger partial charge in [0.1, 0.15) is 0 Å². The molecule has 0 amide bonds. The molecule has 2 rings (SSSR count). The van der Waals surface area contributed by atoms with Crippen LogP contribution in [0.2, 0.25) is 0 Å². The molecule has 0 N–H and O–H groups in total. The van der Waals surface area contributed by atoms with Crippen LogP contribution in [0.5, 0.6) is 0 Å². The molecule has 1 aromatic heterocycles. The second-order valence-electron chi connectivity index (χ2n) is 3.61. The van der Waals surface area contributed by atoms with Gasteiger partial charge < -0.3 is 4.42 Å². The Morgan fingerprint density at radius 3 is 2.81 bits per heavy atom. The number of hydrogen-bond acceptors (Lipinski definition) is 3. The summed E-state index contributed by atoms with van der Waals surface area (Å²) in [6.45, 7) is 2.03. The van der Waals surface area contributed by atoms with Gasteiger partial charge in [-0.1, -0.05) is 18.2 Å². The quantitative estimate of drug-likeness (QED) is 0.766. The first-order valence-corrected chi connectivity index (χ1v) is 5.79. The molecule has 16 heavy (non-hydrogen) atoms. The summed E-state index contributed by atoms with van der Waals surface area (Å²) in [4.78, 5) is 0. The van der Waals surface area contributed by atoms with Gasteiger partial charge in [-0.3, -0.25) is 0 Å². The second-order valence-corrected chi connectivity index (χ2v) is 3.99.